The lowest BCUT2D eigenvalue weighted by Gasteiger charge is -2.28. The zero-order valence-corrected chi connectivity index (χ0v) is 13.2. The van der Waals surface area contributed by atoms with Crippen molar-refractivity contribution in [1.29, 1.82) is 0 Å². The molecule has 1 heterocycles. The van der Waals surface area contributed by atoms with E-state index in [1.165, 1.54) is 10.5 Å². The Morgan fingerprint density at radius 1 is 1.40 bits per heavy atom. The molecule has 1 saturated heterocycles. The van der Waals surface area contributed by atoms with Crippen molar-refractivity contribution in [3.8, 4) is 0 Å². The van der Waals surface area contributed by atoms with Crippen molar-refractivity contribution < 1.29 is 4.79 Å². The van der Waals surface area contributed by atoms with Gasteiger partial charge in [0.15, 0.2) is 0 Å². The van der Waals surface area contributed by atoms with Gasteiger partial charge < -0.3 is 10.2 Å². The molecule has 4 heteroatoms. The summed E-state index contributed by atoms with van der Waals surface area (Å²) >= 11 is 1.79. The topological polar surface area (TPSA) is 32.3 Å². The third kappa shape index (κ3) is 4.84. The average molecular weight is 292 g/mol. The highest BCUT2D eigenvalue weighted by molar-refractivity contribution is 7.99. The SMILES string of the molecule is Cc1ccc(SCCNC(=O)[C@H]2CCCN(C)C2)cc1. The summed E-state index contributed by atoms with van der Waals surface area (Å²) in [7, 11) is 2.09. The van der Waals surface area contributed by atoms with E-state index in [9.17, 15) is 4.79 Å². The summed E-state index contributed by atoms with van der Waals surface area (Å²) < 4.78 is 0. The molecule has 1 amide bonds. The molecule has 0 unspecified atom stereocenters. The van der Waals surface area contributed by atoms with E-state index in [1.807, 2.05) is 0 Å². The van der Waals surface area contributed by atoms with Crippen LogP contribution in [0.15, 0.2) is 29.2 Å². The van der Waals surface area contributed by atoms with Crippen LogP contribution in [0.3, 0.4) is 0 Å². The summed E-state index contributed by atoms with van der Waals surface area (Å²) in [5.41, 5.74) is 1.28. The molecule has 1 aromatic carbocycles. The van der Waals surface area contributed by atoms with Gasteiger partial charge in [-0.1, -0.05) is 17.7 Å². The highest BCUT2D eigenvalue weighted by atomic mass is 32.2. The third-order valence-electron chi connectivity index (χ3n) is 3.69. The van der Waals surface area contributed by atoms with Crippen LogP contribution in [-0.4, -0.2) is 43.2 Å². The van der Waals surface area contributed by atoms with Crippen LogP contribution in [0.1, 0.15) is 18.4 Å². The number of carbonyl (C=O) groups excluding carboxylic acids is 1. The summed E-state index contributed by atoms with van der Waals surface area (Å²) in [5, 5.41) is 3.07. The summed E-state index contributed by atoms with van der Waals surface area (Å²) in [6.45, 7) is 4.86. The molecule has 0 bridgehead atoms. The minimum Gasteiger partial charge on any atom is -0.355 e. The summed E-state index contributed by atoms with van der Waals surface area (Å²) in [6, 6.07) is 8.52. The highest BCUT2D eigenvalue weighted by Gasteiger charge is 2.23. The second-order valence-electron chi connectivity index (χ2n) is 5.55. The first-order valence-electron chi connectivity index (χ1n) is 7.31. The van der Waals surface area contributed by atoms with E-state index >= 15 is 0 Å². The monoisotopic (exact) mass is 292 g/mol. The molecule has 1 N–H and O–H groups in total. The van der Waals surface area contributed by atoms with Crippen LogP contribution in [0, 0.1) is 12.8 Å². The van der Waals surface area contributed by atoms with Gasteiger partial charge in [0.2, 0.25) is 5.91 Å². The molecule has 0 aliphatic carbocycles. The Hall–Kier alpha value is -1.00. The van der Waals surface area contributed by atoms with Crippen molar-refractivity contribution in [3.05, 3.63) is 29.8 Å². The number of hydrogen-bond acceptors (Lipinski definition) is 3. The van der Waals surface area contributed by atoms with Crippen LogP contribution in [0.4, 0.5) is 0 Å². The molecule has 1 aliphatic rings. The molecule has 1 fully saturated rings. The molecule has 0 aromatic heterocycles. The minimum absolute atomic E-state index is 0.179. The Morgan fingerprint density at radius 3 is 2.85 bits per heavy atom. The van der Waals surface area contributed by atoms with Crippen LogP contribution in [0.5, 0.6) is 0 Å². The summed E-state index contributed by atoms with van der Waals surface area (Å²) in [5.74, 6) is 1.33. The molecule has 1 aromatic rings. The largest absolute Gasteiger partial charge is 0.355 e. The maximum absolute atomic E-state index is 12.1. The fourth-order valence-corrected chi connectivity index (χ4v) is 3.27. The fraction of sp³-hybridized carbons (Fsp3) is 0.562. The van der Waals surface area contributed by atoms with E-state index in [0.29, 0.717) is 0 Å². The first-order valence-corrected chi connectivity index (χ1v) is 8.29. The molecular weight excluding hydrogens is 268 g/mol. The van der Waals surface area contributed by atoms with Crippen molar-refractivity contribution in [1.82, 2.24) is 10.2 Å². The van der Waals surface area contributed by atoms with Gasteiger partial charge in [0.25, 0.3) is 0 Å². The first-order chi connectivity index (χ1) is 9.65. The van der Waals surface area contributed by atoms with Crippen LogP contribution >= 0.6 is 11.8 Å². The maximum Gasteiger partial charge on any atom is 0.224 e. The molecule has 0 saturated carbocycles. The third-order valence-corrected chi connectivity index (χ3v) is 4.70. The molecule has 0 spiro atoms. The van der Waals surface area contributed by atoms with Crippen molar-refractivity contribution in [2.24, 2.45) is 5.92 Å². The standard InChI is InChI=1S/C16H24N2OS/c1-13-5-7-15(8-6-13)20-11-9-17-16(19)14-4-3-10-18(2)12-14/h5-8,14H,3-4,9-12H2,1-2H3,(H,17,19)/t14-/m0/s1. The Morgan fingerprint density at radius 2 is 2.15 bits per heavy atom. The lowest BCUT2D eigenvalue weighted by molar-refractivity contribution is -0.126. The van der Waals surface area contributed by atoms with Crippen LogP contribution in [0.25, 0.3) is 0 Å². The van der Waals surface area contributed by atoms with Gasteiger partial charge in [-0.2, -0.15) is 0 Å². The molecule has 110 valence electrons. The van der Waals surface area contributed by atoms with Crippen molar-refractivity contribution in [3.63, 3.8) is 0 Å². The Labute approximate surface area is 126 Å². The van der Waals surface area contributed by atoms with E-state index in [2.05, 4.69) is 48.5 Å². The van der Waals surface area contributed by atoms with Crippen LogP contribution in [-0.2, 0) is 4.79 Å². The second kappa shape index (κ2) is 7.70. The molecule has 1 aliphatic heterocycles. The van der Waals surface area contributed by atoms with Gasteiger partial charge in [-0.25, -0.2) is 0 Å². The lowest BCUT2D eigenvalue weighted by atomic mass is 9.98. The van der Waals surface area contributed by atoms with Gasteiger partial charge in [0, 0.05) is 23.7 Å². The first kappa shape index (κ1) is 15.4. The van der Waals surface area contributed by atoms with Crippen molar-refractivity contribution in [2.45, 2.75) is 24.7 Å². The molecule has 20 heavy (non-hydrogen) atoms. The quantitative estimate of drug-likeness (QED) is 0.668. The second-order valence-corrected chi connectivity index (χ2v) is 6.72. The fourth-order valence-electron chi connectivity index (χ4n) is 2.50. The van der Waals surface area contributed by atoms with Gasteiger partial charge in [-0.05, 0) is 45.5 Å². The zero-order chi connectivity index (χ0) is 14.4. The number of amides is 1. The van der Waals surface area contributed by atoms with E-state index < -0.39 is 0 Å². The highest BCUT2D eigenvalue weighted by Crippen LogP contribution is 2.18. The molecule has 2 rings (SSSR count). The van der Waals surface area contributed by atoms with E-state index in [1.54, 1.807) is 11.8 Å². The predicted octanol–water partition coefficient (Wildman–Crippen LogP) is 2.55. The van der Waals surface area contributed by atoms with Crippen LogP contribution in [0.2, 0.25) is 0 Å². The maximum atomic E-state index is 12.1. The average Bonchev–Trinajstić information content (AvgIpc) is 2.45. The number of rotatable bonds is 5. The summed E-state index contributed by atoms with van der Waals surface area (Å²) in [4.78, 5) is 15.6. The van der Waals surface area contributed by atoms with Crippen LogP contribution < -0.4 is 5.32 Å². The molecule has 0 radical (unpaired) electrons. The Balaban J connectivity index is 1.65. The Kier molecular flexibility index (Phi) is 5.92. The smallest absolute Gasteiger partial charge is 0.224 e. The number of thioether (sulfide) groups is 1. The summed E-state index contributed by atoms with van der Waals surface area (Å²) in [6.07, 6.45) is 2.16. The van der Waals surface area contributed by atoms with Gasteiger partial charge in [0.05, 0.1) is 5.92 Å². The van der Waals surface area contributed by atoms with Crippen molar-refractivity contribution in [2.75, 3.05) is 32.4 Å². The van der Waals surface area contributed by atoms with Gasteiger partial charge in [-0.15, -0.1) is 11.8 Å². The van der Waals surface area contributed by atoms with Gasteiger partial charge >= 0.3 is 0 Å². The number of aryl methyl sites for hydroxylation is 1. The number of likely N-dealkylation sites (tertiary alicyclic amines) is 1. The van der Waals surface area contributed by atoms with Gasteiger partial charge in [0.1, 0.15) is 0 Å². The number of benzene rings is 1. The number of nitrogens with zero attached hydrogens (tertiary/aromatic N) is 1. The molecular formula is C16H24N2OS. The van der Waals surface area contributed by atoms with E-state index in [4.69, 9.17) is 0 Å². The number of piperidine rings is 1. The predicted molar refractivity (Wildman–Crippen MR) is 85.1 cm³/mol. The van der Waals surface area contributed by atoms with E-state index in [-0.39, 0.29) is 11.8 Å². The number of nitrogens with one attached hydrogen (secondary N) is 1. The molecule has 1 atom stereocenters. The normalized spacial score (nSPS) is 19.8. The van der Waals surface area contributed by atoms with E-state index in [0.717, 1.165) is 38.2 Å². The van der Waals surface area contributed by atoms with Gasteiger partial charge in [-0.3, -0.25) is 4.79 Å². The Bertz CT molecular complexity index is 433. The number of carbonyl (C=O) groups is 1. The van der Waals surface area contributed by atoms with Crippen molar-refractivity contribution >= 4 is 17.7 Å². The zero-order valence-electron chi connectivity index (χ0n) is 12.4. The minimum atomic E-state index is 0.179. The number of hydrogen-bond donors (Lipinski definition) is 1. The lowest BCUT2D eigenvalue weighted by Crippen LogP contribution is -2.41. The molecule has 3 nitrogen and oxygen atoms in total.